The van der Waals surface area contributed by atoms with Crippen molar-refractivity contribution < 1.29 is 0 Å². The van der Waals surface area contributed by atoms with E-state index in [1.165, 1.54) is 0 Å². The van der Waals surface area contributed by atoms with Gasteiger partial charge in [0.2, 0.25) is 0 Å². The van der Waals surface area contributed by atoms with Gasteiger partial charge in [0.1, 0.15) is 0 Å². The summed E-state index contributed by atoms with van der Waals surface area (Å²) in [5.41, 5.74) is 0. The van der Waals surface area contributed by atoms with Gasteiger partial charge in [-0.25, -0.2) is 0 Å². The van der Waals surface area contributed by atoms with Crippen LogP contribution in [0.15, 0.2) is 0 Å². The van der Waals surface area contributed by atoms with Crippen LogP contribution in [0.5, 0.6) is 0 Å². The second kappa shape index (κ2) is 264. The van der Waals surface area contributed by atoms with Gasteiger partial charge < -0.3 is 58.5 Å². The van der Waals surface area contributed by atoms with Crippen molar-refractivity contribution in [2.24, 2.45) is 0 Å². The minimum Gasteiger partial charge on any atom is -0.323 e. The number of hydrogen-bond donors (Lipinski definition) is 11. The fourth-order valence-corrected chi connectivity index (χ4v) is 0. The molecule has 0 aliphatic carbocycles. The molecule has 0 aromatic rings. The van der Waals surface area contributed by atoms with Gasteiger partial charge in [-0.15, -0.1) is 0 Å². The standard InChI is InChI=1S/11C2H7N/c11*1-3-2/h11*3H,1-2H3. The first-order valence-electron chi connectivity index (χ1n) is 11.0. The lowest BCUT2D eigenvalue weighted by molar-refractivity contribution is 1.02. The van der Waals surface area contributed by atoms with E-state index in [0.29, 0.717) is 0 Å². The largest absolute Gasteiger partial charge is 0.323 e. The molecule has 0 atom stereocenters. The van der Waals surface area contributed by atoms with E-state index in [0.717, 1.165) is 0 Å². The Morgan fingerprint density at radius 2 is 0.121 bits per heavy atom. The molecule has 0 amide bonds. The number of hydrogen-bond acceptors (Lipinski definition) is 11. The van der Waals surface area contributed by atoms with E-state index in [4.69, 9.17) is 0 Å². The molecule has 0 saturated heterocycles. The summed E-state index contributed by atoms with van der Waals surface area (Å²) < 4.78 is 0. The van der Waals surface area contributed by atoms with Crippen LogP contribution in [0.25, 0.3) is 0 Å². The molecule has 0 radical (unpaired) electrons. The van der Waals surface area contributed by atoms with Gasteiger partial charge in [0.25, 0.3) is 0 Å². The van der Waals surface area contributed by atoms with Crippen molar-refractivity contribution >= 4 is 0 Å². The molecule has 0 spiro atoms. The van der Waals surface area contributed by atoms with Crippen LogP contribution >= 0.6 is 0 Å². The van der Waals surface area contributed by atoms with Crippen molar-refractivity contribution in [2.45, 2.75) is 0 Å². The van der Waals surface area contributed by atoms with Gasteiger partial charge in [0.15, 0.2) is 0 Å². The van der Waals surface area contributed by atoms with Gasteiger partial charge in [0, 0.05) is 0 Å². The Labute approximate surface area is 214 Å². The first kappa shape index (κ1) is 69.8. The molecule has 11 nitrogen and oxygen atoms in total. The van der Waals surface area contributed by atoms with Crippen LogP contribution in [0, 0.1) is 0 Å². The summed E-state index contributed by atoms with van der Waals surface area (Å²) in [6, 6.07) is 0. The maximum atomic E-state index is 2.75. The lowest BCUT2D eigenvalue weighted by Crippen LogP contribution is -1.89. The summed E-state index contributed by atoms with van der Waals surface area (Å²) in [6.07, 6.45) is 0. The van der Waals surface area contributed by atoms with E-state index in [2.05, 4.69) is 58.5 Å². The second-order valence-electron chi connectivity index (χ2n) is 5.50. The number of rotatable bonds is 0. The summed E-state index contributed by atoms with van der Waals surface area (Å²) in [4.78, 5) is 0. The van der Waals surface area contributed by atoms with E-state index in [-0.39, 0.29) is 0 Å². The zero-order chi connectivity index (χ0) is 29.8. The fraction of sp³-hybridized carbons (Fsp3) is 1.00. The second-order valence-corrected chi connectivity index (χ2v) is 5.50. The molecule has 220 valence electrons. The van der Waals surface area contributed by atoms with Gasteiger partial charge in [-0.2, -0.15) is 0 Å². The van der Waals surface area contributed by atoms with Crippen LogP contribution in [-0.2, 0) is 0 Å². The highest BCUT2D eigenvalue weighted by Crippen LogP contribution is 1.01. The maximum absolute atomic E-state index is 2.75. The van der Waals surface area contributed by atoms with Crippen LogP contribution in [0.3, 0.4) is 0 Å². The Balaban J connectivity index is -0.0000000179. The topological polar surface area (TPSA) is 132 Å². The third-order valence-electron chi connectivity index (χ3n) is 0. The predicted molar refractivity (Wildman–Crippen MR) is 165 cm³/mol. The summed E-state index contributed by atoms with van der Waals surface area (Å²) in [6.45, 7) is 0. The van der Waals surface area contributed by atoms with E-state index >= 15 is 0 Å². The summed E-state index contributed by atoms with van der Waals surface area (Å²) >= 11 is 0. The van der Waals surface area contributed by atoms with Crippen molar-refractivity contribution in [3.05, 3.63) is 0 Å². The molecule has 11 heteroatoms. The van der Waals surface area contributed by atoms with Gasteiger partial charge >= 0.3 is 0 Å². The van der Waals surface area contributed by atoms with Gasteiger partial charge in [-0.05, 0) is 155 Å². The minimum atomic E-state index is 1.88. The Hall–Kier alpha value is -0.440. The highest BCUT2D eigenvalue weighted by atomic mass is 14.8. The van der Waals surface area contributed by atoms with Gasteiger partial charge in [-0.1, -0.05) is 0 Å². The van der Waals surface area contributed by atoms with Crippen molar-refractivity contribution in [3.8, 4) is 0 Å². The average Bonchev–Trinajstić information content (AvgIpc) is 2.68. The third-order valence-corrected chi connectivity index (χ3v) is 0. The molecular formula is C22H77N11. The highest BCUT2D eigenvalue weighted by molar-refractivity contribution is 3.94. The Bertz CT molecular complexity index is 68.4. The fourth-order valence-electron chi connectivity index (χ4n) is 0. The van der Waals surface area contributed by atoms with Gasteiger partial charge in [-0.3, -0.25) is 0 Å². The average molecular weight is 496 g/mol. The maximum Gasteiger partial charge on any atom is -0.0167 e. The molecule has 0 aliphatic heterocycles. The summed E-state index contributed by atoms with van der Waals surface area (Å²) in [5.74, 6) is 0. The summed E-state index contributed by atoms with van der Waals surface area (Å²) in [7, 11) is 41.2. The lowest BCUT2D eigenvalue weighted by Gasteiger charge is -1.59. The van der Waals surface area contributed by atoms with Crippen LogP contribution in [0.1, 0.15) is 0 Å². The molecule has 11 N–H and O–H groups in total. The van der Waals surface area contributed by atoms with E-state index in [9.17, 15) is 0 Å². The molecular weight excluding hydrogens is 418 g/mol. The van der Waals surface area contributed by atoms with Crippen molar-refractivity contribution in [1.29, 1.82) is 0 Å². The molecule has 0 rings (SSSR count). The molecule has 33 heavy (non-hydrogen) atoms. The molecule has 0 unspecified atom stereocenters. The Kier molecular flexibility index (Phi) is 559. The van der Waals surface area contributed by atoms with E-state index in [1.54, 1.807) is 0 Å². The first-order valence-corrected chi connectivity index (χ1v) is 11.0. The van der Waals surface area contributed by atoms with Crippen LogP contribution in [0.4, 0.5) is 0 Å². The zero-order valence-electron chi connectivity index (χ0n) is 27.5. The first-order chi connectivity index (χ1) is 15.6. The molecule has 0 heterocycles. The lowest BCUT2D eigenvalue weighted by atomic mass is 11.3. The third kappa shape index (κ3) is 142000. The van der Waals surface area contributed by atoms with E-state index < -0.39 is 0 Å². The SMILES string of the molecule is CNC.CNC.CNC.CNC.CNC.CNC.CNC.CNC.CNC.CNC.CNC. The predicted octanol–water partition coefficient (Wildman–Crippen LogP) is -1.81. The quantitative estimate of drug-likeness (QED) is 0.186. The number of nitrogens with one attached hydrogen (secondary N) is 11. The van der Waals surface area contributed by atoms with Gasteiger partial charge in [0.05, 0.1) is 0 Å². The van der Waals surface area contributed by atoms with Crippen LogP contribution in [0.2, 0.25) is 0 Å². The van der Waals surface area contributed by atoms with Crippen molar-refractivity contribution in [3.63, 3.8) is 0 Å². The minimum absolute atomic E-state index is 1.88. The van der Waals surface area contributed by atoms with Crippen molar-refractivity contribution in [1.82, 2.24) is 58.5 Å². The van der Waals surface area contributed by atoms with Crippen LogP contribution in [-0.4, -0.2) is 155 Å². The van der Waals surface area contributed by atoms with Crippen LogP contribution < -0.4 is 58.5 Å². The zero-order valence-corrected chi connectivity index (χ0v) is 27.5. The normalized spacial score (nSPS) is 6.00. The molecule has 0 fully saturated rings. The molecule has 0 saturated carbocycles. The molecule has 0 aromatic carbocycles. The van der Waals surface area contributed by atoms with Crippen molar-refractivity contribution in [2.75, 3.05) is 155 Å². The van der Waals surface area contributed by atoms with E-state index in [1.807, 2.05) is 155 Å². The smallest absolute Gasteiger partial charge is 0.0167 e. The summed E-state index contributed by atoms with van der Waals surface area (Å²) in [5, 5.41) is 30.2. The Morgan fingerprint density at radius 3 is 0.121 bits per heavy atom. The highest BCUT2D eigenvalue weighted by Gasteiger charge is 1.28. The Morgan fingerprint density at radius 1 is 0.121 bits per heavy atom. The molecule has 0 aliphatic rings. The molecule has 0 bridgehead atoms. The molecule has 0 aromatic heterocycles. The monoisotopic (exact) mass is 496 g/mol.